The number of benzene rings is 1. The van der Waals surface area contributed by atoms with Gasteiger partial charge in [-0.25, -0.2) is 4.79 Å². The second kappa shape index (κ2) is 11.4. The Morgan fingerprint density at radius 1 is 1.19 bits per heavy atom. The second-order valence-corrected chi connectivity index (χ2v) is 5.30. The molecule has 2 aromatic rings. The van der Waals surface area contributed by atoms with E-state index in [0.717, 1.165) is 18.7 Å². The van der Waals surface area contributed by atoms with Crippen LogP contribution in [0.2, 0.25) is 0 Å². The van der Waals surface area contributed by atoms with E-state index in [1.807, 2.05) is 30.6 Å². The monoisotopic (exact) mass is 472 g/mol. The number of halogens is 1. The average molecular weight is 472 g/mol. The van der Waals surface area contributed by atoms with Crippen LogP contribution in [0.25, 0.3) is 0 Å². The number of aromatic nitrogens is 1. The first kappa shape index (κ1) is 21.8. The molecule has 0 saturated heterocycles. The molecule has 0 aliphatic heterocycles. The summed E-state index contributed by atoms with van der Waals surface area (Å²) in [6.07, 6.45) is 4.03. The van der Waals surface area contributed by atoms with E-state index in [1.165, 1.54) is 14.2 Å². The highest BCUT2D eigenvalue weighted by molar-refractivity contribution is 14.0. The average Bonchev–Trinajstić information content (AvgIpc) is 3.17. The van der Waals surface area contributed by atoms with Gasteiger partial charge in [0.1, 0.15) is 11.3 Å². The van der Waals surface area contributed by atoms with E-state index in [4.69, 9.17) is 9.47 Å². The minimum atomic E-state index is -0.423. The van der Waals surface area contributed by atoms with Crippen molar-refractivity contribution in [2.24, 2.45) is 4.99 Å². The van der Waals surface area contributed by atoms with Crippen LogP contribution in [-0.2, 0) is 17.8 Å². The zero-order valence-corrected chi connectivity index (χ0v) is 17.5. The number of methoxy groups -OCH3 is 2. The lowest BCUT2D eigenvalue weighted by Gasteiger charge is -2.13. The molecule has 142 valence electrons. The topological polar surface area (TPSA) is 76.9 Å². The van der Waals surface area contributed by atoms with E-state index >= 15 is 0 Å². The van der Waals surface area contributed by atoms with E-state index in [2.05, 4.69) is 20.2 Å². The number of ether oxygens (including phenoxy) is 2. The first-order chi connectivity index (χ1) is 12.2. The number of hydrogen-bond acceptors (Lipinski definition) is 4. The summed E-state index contributed by atoms with van der Waals surface area (Å²) in [5, 5.41) is 6.47. The molecule has 0 saturated carbocycles. The fraction of sp³-hybridized carbons (Fsp3) is 0.333. The van der Waals surface area contributed by atoms with Crippen LogP contribution in [0.1, 0.15) is 15.9 Å². The van der Waals surface area contributed by atoms with Gasteiger partial charge < -0.3 is 24.7 Å². The van der Waals surface area contributed by atoms with Gasteiger partial charge in [0, 0.05) is 39.1 Å². The zero-order valence-electron chi connectivity index (χ0n) is 15.2. The van der Waals surface area contributed by atoms with Gasteiger partial charge in [-0.3, -0.25) is 4.99 Å². The van der Waals surface area contributed by atoms with Crippen molar-refractivity contribution in [3.63, 3.8) is 0 Å². The first-order valence-electron chi connectivity index (χ1n) is 7.98. The molecule has 1 aromatic carbocycles. The number of aliphatic imine (C=N–C) groups is 1. The Labute approximate surface area is 170 Å². The van der Waals surface area contributed by atoms with Crippen molar-refractivity contribution in [2.75, 3.05) is 27.8 Å². The predicted molar refractivity (Wildman–Crippen MR) is 112 cm³/mol. The summed E-state index contributed by atoms with van der Waals surface area (Å²) in [6, 6.07) is 9.40. The maximum atomic E-state index is 11.8. The maximum absolute atomic E-state index is 11.8. The molecule has 1 heterocycles. The van der Waals surface area contributed by atoms with E-state index in [9.17, 15) is 4.79 Å². The number of nitrogens with one attached hydrogen (secondary N) is 2. The van der Waals surface area contributed by atoms with Crippen molar-refractivity contribution >= 4 is 35.9 Å². The third-order valence-electron chi connectivity index (χ3n) is 3.68. The van der Waals surface area contributed by atoms with Gasteiger partial charge >= 0.3 is 5.97 Å². The number of guanidine groups is 1. The molecule has 1 aromatic heterocycles. The third-order valence-corrected chi connectivity index (χ3v) is 3.68. The molecule has 0 amide bonds. The van der Waals surface area contributed by atoms with Crippen LogP contribution in [0.4, 0.5) is 0 Å². The minimum Gasteiger partial charge on any atom is -0.496 e. The quantitative estimate of drug-likeness (QED) is 0.280. The van der Waals surface area contributed by atoms with Crippen LogP contribution in [-0.4, -0.2) is 44.3 Å². The molecule has 0 spiro atoms. The summed E-state index contributed by atoms with van der Waals surface area (Å²) >= 11 is 0. The van der Waals surface area contributed by atoms with Crippen molar-refractivity contribution < 1.29 is 14.3 Å². The molecule has 0 unspecified atom stereocenters. The highest BCUT2D eigenvalue weighted by Gasteiger charge is 2.13. The van der Waals surface area contributed by atoms with E-state index in [1.54, 1.807) is 19.2 Å². The molecule has 0 aliphatic rings. The van der Waals surface area contributed by atoms with Crippen LogP contribution in [0.15, 0.2) is 47.7 Å². The summed E-state index contributed by atoms with van der Waals surface area (Å²) in [5.74, 6) is 0.764. The van der Waals surface area contributed by atoms with Gasteiger partial charge in [0.05, 0.1) is 14.2 Å². The first-order valence-corrected chi connectivity index (χ1v) is 7.98. The molecule has 0 atom stereocenters. The summed E-state index contributed by atoms with van der Waals surface area (Å²) < 4.78 is 12.1. The van der Waals surface area contributed by atoms with Gasteiger partial charge in [0.25, 0.3) is 0 Å². The smallest absolute Gasteiger partial charge is 0.341 e. The number of carbonyl (C=O) groups is 1. The van der Waals surface area contributed by atoms with E-state index < -0.39 is 5.97 Å². The van der Waals surface area contributed by atoms with Gasteiger partial charge in [0.2, 0.25) is 0 Å². The molecule has 0 bridgehead atoms. The van der Waals surface area contributed by atoms with E-state index in [-0.39, 0.29) is 24.0 Å². The van der Waals surface area contributed by atoms with Crippen molar-refractivity contribution in [3.8, 4) is 5.75 Å². The number of nitrogens with zero attached hydrogens (tertiary/aromatic N) is 2. The minimum absolute atomic E-state index is 0. The van der Waals surface area contributed by atoms with Gasteiger partial charge in [-0.2, -0.15) is 0 Å². The maximum Gasteiger partial charge on any atom is 0.341 e. The number of rotatable bonds is 7. The fourth-order valence-corrected chi connectivity index (χ4v) is 2.36. The Kier molecular flexibility index (Phi) is 9.56. The van der Waals surface area contributed by atoms with Crippen LogP contribution in [0, 0.1) is 0 Å². The van der Waals surface area contributed by atoms with Crippen molar-refractivity contribution in [3.05, 3.63) is 53.9 Å². The Bertz CT molecular complexity index is 717. The molecule has 0 fully saturated rings. The van der Waals surface area contributed by atoms with Gasteiger partial charge in [-0.1, -0.05) is 6.07 Å². The summed E-state index contributed by atoms with van der Waals surface area (Å²) in [5.41, 5.74) is 1.33. The second-order valence-electron chi connectivity index (χ2n) is 5.30. The molecule has 0 aliphatic carbocycles. The van der Waals surface area contributed by atoms with E-state index in [0.29, 0.717) is 23.8 Å². The molecular formula is C18H25IN4O3. The van der Waals surface area contributed by atoms with Gasteiger partial charge in [0.15, 0.2) is 5.96 Å². The zero-order chi connectivity index (χ0) is 18.1. The Balaban J connectivity index is 0.00000338. The molecular weight excluding hydrogens is 447 g/mol. The number of carbonyl (C=O) groups excluding carboxylic acids is 1. The SMILES string of the molecule is CN=C(NCCn1cccc1)NCc1ccc(OC)c(C(=O)OC)c1.I. The van der Waals surface area contributed by atoms with Crippen LogP contribution in [0.5, 0.6) is 5.75 Å². The summed E-state index contributed by atoms with van der Waals surface area (Å²) in [6.45, 7) is 2.13. The van der Waals surface area contributed by atoms with Crippen molar-refractivity contribution in [1.82, 2.24) is 15.2 Å². The molecule has 0 radical (unpaired) electrons. The molecule has 8 heteroatoms. The molecule has 7 nitrogen and oxygen atoms in total. The lowest BCUT2D eigenvalue weighted by Crippen LogP contribution is -2.38. The van der Waals surface area contributed by atoms with Crippen LogP contribution >= 0.6 is 24.0 Å². The molecule has 2 rings (SSSR count). The highest BCUT2D eigenvalue weighted by atomic mass is 127. The summed E-state index contributed by atoms with van der Waals surface area (Å²) in [7, 11) is 4.60. The normalized spacial score (nSPS) is 10.7. The number of esters is 1. The number of hydrogen-bond donors (Lipinski definition) is 2. The Hall–Kier alpha value is -2.23. The fourth-order valence-electron chi connectivity index (χ4n) is 2.36. The third kappa shape index (κ3) is 6.25. The molecule has 26 heavy (non-hydrogen) atoms. The lowest BCUT2D eigenvalue weighted by atomic mass is 10.1. The standard InChI is InChI=1S/C18H24N4O3.HI/c1-19-18(20-8-11-22-9-4-5-10-22)21-13-14-6-7-16(24-2)15(12-14)17(23)25-3;/h4-7,9-10,12H,8,11,13H2,1-3H3,(H2,19,20,21);1H. The highest BCUT2D eigenvalue weighted by Crippen LogP contribution is 2.20. The lowest BCUT2D eigenvalue weighted by molar-refractivity contribution is 0.0597. The Morgan fingerprint density at radius 2 is 1.92 bits per heavy atom. The predicted octanol–water partition coefficient (Wildman–Crippen LogP) is 2.27. The summed E-state index contributed by atoms with van der Waals surface area (Å²) in [4.78, 5) is 16.0. The largest absolute Gasteiger partial charge is 0.496 e. The van der Waals surface area contributed by atoms with Gasteiger partial charge in [-0.05, 0) is 29.8 Å². The van der Waals surface area contributed by atoms with Crippen LogP contribution in [0.3, 0.4) is 0 Å². The van der Waals surface area contributed by atoms with Gasteiger partial charge in [-0.15, -0.1) is 24.0 Å². The van der Waals surface area contributed by atoms with Crippen molar-refractivity contribution in [1.29, 1.82) is 0 Å². The molecule has 2 N–H and O–H groups in total. The van der Waals surface area contributed by atoms with Crippen molar-refractivity contribution in [2.45, 2.75) is 13.1 Å². The van der Waals surface area contributed by atoms with Crippen LogP contribution < -0.4 is 15.4 Å². The Morgan fingerprint density at radius 3 is 2.54 bits per heavy atom.